The Morgan fingerprint density at radius 3 is 2.57 bits per heavy atom. The van der Waals surface area contributed by atoms with Gasteiger partial charge in [-0.25, -0.2) is 0 Å². The molecule has 144 valence electrons. The Bertz CT molecular complexity index is 953. The minimum absolute atomic E-state index is 0.158. The number of amides is 2. The van der Waals surface area contributed by atoms with Gasteiger partial charge in [0.25, 0.3) is 5.91 Å². The molecule has 2 aromatic carbocycles. The van der Waals surface area contributed by atoms with Crippen molar-refractivity contribution >= 4 is 23.3 Å². The lowest BCUT2D eigenvalue weighted by Gasteiger charge is -2.20. The first-order chi connectivity index (χ1) is 13.5. The fourth-order valence-corrected chi connectivity index (χ4v) is 2.71. The van der Waals surface area contributed by atoms with Crippen molar-refractivity contribution < 1.29 is 14.1 Å². The van der Waals surface area contributed by atoms with Gasteiger partial charge in [-0.15, -0.1) is 0 Å². The molecular formula is C21H22N4O3. The lowest BCUT2D eigenvalue weighted by atomic mass is 10.1. The van der Waals surface area contributed by atoms with Gasteiger partial charge in [0, 0.05) is 30.9 Å². The molecule has 3 rings (SSSR count). The molecule has 0 aliphatic heterocycles. The molecule has 0 fully saturated rings. The predicted octanol–water partition coefficient (Wildman–Crippen LogP) is 2.99. The van der Waals surface area contributed by atoms with Crippen LogP contribution in [0.25, 0.3) is 0 Å². The lowest BCUT2D eigenvalue weighted by molar-refractivity contribution is -0.115. The summed E-state index contributed by atoms with van der Waals surface area (Å²) >= 11 is 0. The second kappa shape index (κ2) is 8.85. The second-order valence-electron chi connectivity index (χ2n) is 6.45. The topological polar surface area (TPSA) is 87.5 Å². The van der Waals surface area contributed by atoms with Gasteiger partial charge < -0.3 is 20.1 Å². The van der Waals surface area contributed by atoms with Crippen molar-refractivity contribution in [2.75, 3.05) is 23.8 Å². The zero-order valence-electron chi connectivity index (χ0n) is 15.8. The third kappa shape index (κ3) is 5.20. The van der Waals surface area contributed by atoms with Crippen LogP contribution in [-0.2, 0) is 11.3 Å². The van der Waals surface area contributed by atoms with E-state index >= 15 is 0 Å². The van der Waals surface area contributed by atoms with Gasteiger partial charge in [-0.2, -0.15) is 0 Å². The van der Waals surface area contributed by atoms with E-state index in [1.165, 1.54) is 5.56 Å². The van der Waals surface area contributed by atoms with Gasteiger partial charge in [-0.3, -0.25) is 9.59 Å². The molecule has 2 amide bonds. The van der Waals surface area contributed by atoms with Gasteiger partial charge in [-0.1, -0.05) is 41.6 Å². The number of anilines is 2. The number of aromatic nitrogens is 1. The fraction of sp³-hybridized carbons (Fsp3) is 0.190. The van der Waals surface area contributed by atoms with Crippen molar-refractivity contribution in [1.82, 2.24) is 10.5 Å². The van der Waals surface area contributed by atoms with Crippen LogP contribution in [0.5, 0.6) is 0 Å². The SMILES string of the molecule is Cc1cc(NC(=O)CNC(=O)c2cccc(N(C)Cc3ccccc3)c2)no1. The molecule has 0 radical (unpaired) electrons. The molecule has 0 atom stereocenters. The van der Waals surface area contributed by atoms with Crippen LogP contribution in [-0.4, -0.2) is 30.6 Å². The smallest absolute Gasteiger partial charge is 0.251 e. The average Bonchev–Trinajstić information content (AvgIpc) is 3.11. The average molecular weight is 378 g/mol. The first kappa shape index (κ1) is 19.2. The second-order valence-corrected chi connectivity index (χ2v) is 6.45. The maximum atomic E-state index is 12.4. The summed E-state index contributed by atoms with van der Waals surface area (Å²) in [4.78, 5) is 26.4. The highest BCUT2D eigenvalue weighted by molar-refractivity contribution is 5.99. The largest absolute Gasteiger partial charge is 0.370 e. The number of aryl methyl sites for hydroxylation is 1. The molecule has 0 bridgehead atoms. The van der Waals surface area contributed by atoms with Crippen LogP contribution in [0.2, 0.25) is 0 Å². The summed E-state index contributed by atoms with van der Waals surface area (Å²) in [5.74, 6) is 0.220. The Labute approximate surface area is 163 Å². The Morgan fingerprint density at radius 2 is 1.86 bits per heavy atom. The third-order valence-corrected chi connectivity index (χ3v) is 4.12. The molecule has 7 nitrogen and oxygen atoms in total. The van der Waals surface area contributed by atoms with E-state index < -0.39 is 0 Å². The summed E-state index contributed by atoms with van der Waals surface area (Å²) in [6.07, 6.45) is 0. The van der Waals surface area contributed by atoms with Crippen molar-refractivity contribution in [2.24, 2.45) is 0 Å². The van der Waals surface area contributed by atoms with E-state index in [1.54, 1.807) is 25.1 Å². The van der Waals surface area contributed by atoms with Crippen molar-refractivity contribution in [2.45, 2.75) is 13.5 Å². The predicted molar refractivity (Wildman–Crippen MR) is 107 cm³/mol. The van der Waals surface area contributed by atoms with Crippen LogP contribution in [0, 0.1) is 6.92 Å². The van der Waals surface area contributed by atoms with Crippen molar-refractivity contribution in [1.29, 1.82) is 0 Å². The zero-order valence-corrected chi connectivity index (χ0v) is 15.8. The highest BCUT2D eigenvalue weighted by Gasteiger charge is 2.11. The molecule has 3 aromatic rings. The normalized spacial score (nSPS) is 10.4. The summed E-state index contributed by atoms with van der Waals surface area (Å²) in [6, 6.07) is 19.0. The van der Waals surface area contributed by atoms with Crippen LogP contribution in [0.3, 0.4) is 0 Å². The van der Waals surface area contributed by atoms with Gasteiger partial charge in [0.05, 0.1) is 6.54 Å². The van der Waals surface area contributed by atoms with E-state index in [0.29, 0.717) is 17.1 Å². The molecule has 0 saturated carbocycles. The van der Waals surface area contributed by atoms with E-state index in [1.807, 2.05) is 37.4 Å². The summed E-state index contributed by atoms with van der Waals surface area (Å²) in [5, 5.41) is 8.85. The summed E-state index contributed by atoms with van der Waals surface area (Å²) in [6.45, 7) is 2.30. The van der Waals surface area contributed by atoms with E-state index in [2.05, 4.69) is 32.8 Å². The standard InChI is InChI=1S/C21H22N4O3/c1-15-11-19(24-28-15)23-20(26)13-22-21(27)17-9-6-10-18(12-17)25(2)14-16-7-4-3-5-8-16/h3-12H,13-14H2,1-2H3,(H,22,27)(H,23,24,26). The minimum atomic E-state index is -0.376. The van der Waals surface area contributed by atoms with Gasteiger partial charge in [0.15, 0.2) is 5.82 Å². The number of carbonyl (C=O) groups is 2. The maximum absolute atomic E-state index is 12.4. The van der Waals surface area contributed by atoms with E-state index in [0.717, 1.165) is 12.2 Å². The molecule has 0 spiro atoms. The molecule has 1 aromatic heterocycles. The van der Waals surface area contributed by atoms with Gasteiger partial charge in [0.2, 0.25) is 5.91 Å². The van der Waals surface area contributed by atoms with Crippen LogP contribution < -0.4 is 15.5 Å². The minimum Gasteiger partial charge on any atom is -0.370 e. The van der Waals surface area contributed by atoms with Crippen molar-refractivity contribution in [3.8, 4) is 0 Å². The highest BCUT2D eigenvalue weighted by Crippen LogP contribution is 2.17. The molecule has 2 N–H and O–H groups in total. The number of hydrogen-bond acceptors (Lipinski definition) is 5. The molecular weight excluding hydrogens is 356 g/mol. The summed E-state index contributed by atoms with van der Waals surface area (Å²) in [7, 11) is 1.97. The van der Waals surface area contributed by atoms with Gasteiger partial charge in [0.1, 0.15) is 5.76 Å². The molecule has 0 unspecified atom stereocenters. The van der Waals surface area contributed by atoms with Gasteiger partial charge in [-0.05, 0) is 30.7 Å². The monoisotopic (exact) mass is 378 g/mol. The third-order valence-electron chi connectivity index (χ3n) is 4.12. The summed E-state index contributed by atoms with van der Waals surface area (Å²) in [5.41, 5.74) is 2.58. The molecule has 0 aliphatic rings. The van der Waals surface area contributed by atoms with Crippen molar-refractivity contribution in [3.63, 3.8) is 0 Å². The van der Waals surface area contributed by atoms with Crippen molar-refractivity contribution in [3.05, 3.63) is 77.6 Å². The Kier molecular flexibility index (Phi) is 6.06. The Morgan fingerprint density at radius 1 is 1.07 bits per heavy atom. The highest BCUT2D eigenvalue weighted by atomic mass is 16.5. The number of benzene rings is 2. The molecule has 0 saturated heterocycles. The number of rotatable bonds is 7. The molecule has 0 aliphatic carbocycles. The molecule has 28 heavy (non-hydrogen) atoms. The maximum Gasteiger partial charge on any atom is 0.251 e. The zero-order chi connectivity index (χ0) is 19.9. The van der Waals surface area contributed by atoms with Crippen LogP contribution in [0.4, 0.5) is 11.5 Å². The fourth-order valence-electron chi connectivity index (χ4n) is 2.71. The molecule has 1 heterocycles. The molecule has 7 heteroatoms. The Balaban J connectivity index is 1.56. The summed E-state index contributed by atoms with van der Waals surface area (Å²) < 4.78 is 4.88. The lowest BCUT2D eigenvalue weighted by Crippen LogP contribution is -2.33. The van der Waals surface area contributed by atoms with Crippen LogP contribution >= 0.6 is 0 Å². The van der Waals surface area contributed by atoms with E-state index in [9.17, 15) is 9.59 Å². The number of carbonyl (C=O) groups excluding carboxylic acids is 2. The number of nitrogens with one attached hydrogen (secondary N) is 2. The Hall–Kier alpha value is -3.61. The van der Waals surface area contributed by atoms with E-state index in [4.69, 9.17) is 4.52 Å². The number of nitrogens with zero attached hydrogens (tertiary/aromatic N) is 2. The van der Waals surface area contributed by atoms with Crippen LogP contribution in [0.15, 0.2) is 65.2 Å². The first-order valence-corrected chi connectivity index (χ1v) is 8.88. The van der Waals surface area contributed by atoms with Gasteiger partial charge >= 0.3 is 0 Å². The first-order valence-electron chi connectivity index (χ1n) is 8.88. The quantitative estimate of drug-likeness (QED) is 0.660. The van der Waals surface area contributed by atoms with E-state index in [-0.39, 0.29) is 18.4 Å². The number of hydrogen-bond donors (Lipinski definition) is 2. The van der Waals surface area contributed by atoms with Crippen LogP contribution in [0.1, 0.15) is 21.7 Å².